The molecule has 1 heterocycles. The summed E-state index contributed by atoms with van der Waals surface area (Å²) in [5.74, 6) is -1.10. The van der Waals surface area contributed by atoms with E-state index >= 15 is 0 Å². The summed E-state index contributed by atoms with van der Waals surface area (Å²) in [6, 6.07) is 13.1. The van der Waals surface area contributed by atoms with Crippen molar-refractivity contribution in [1.82, 2.24) is 10.4 Å². The van der Waals surface area contributed by atoms with E-state index in [2.05, 4.69) is 5.43 Å². The molecule has 2 amide bonds. The van der Waals surface area contributed by atoms with Gasteiger partial charge in [-0.05, 0) is 61.1 Å². The Morgan fingerprint density at radius 3 is 2.55 bits per heavy atom. The first kappa shape index (κ1) is 22.3. The van der Waals surface area contributed by atoms with Gasteiger partial charge in [-0.1, -0.05) is 30.0 Å². The van der Waals surface area contributed by atoms with Crippen molar-refractivity contribution in [3.05, 3.63) is 64.6 Å². The monoisotopic (exact) mass is 458 g/mol. The van der Waals surface area contributed by atoms with Gasteiger partial charge < -0.3 is 14.6 Å². The maximum absolute atomic E-state index is 12.7. The van der Waals surface area contributed by atoms with Crippen LogP contribution in [0.15, 0.2) is 53.4 Å². The molecule has 1 aliphatic rings. The van der Waals surface area contributed by atoms with E-state index in [1.54, 1.807) is 54.6 Å². The Morgan fingerprint density at radius 1 is 1.19 bits per heavy atom. The summed E-state index contributed by atoms with van der Waals surface area (Å²) in [6.07, 6.45) is 0.650. The lowest BCUT2D eigenvalue weighted by Crippen LogP contribution is -2.44. The summed E-state index contributed by atoms with van der Waals surface area (Å²) in [5.41, 5.74) is 3.53. The van der Waals surface area contributed by atoms with Crippen molar-refractivity contribution in [3.63, 3.8) is 0 Å². The van der Waals surface area contributed by atoms with Crippen molar-refractivity contribution in [2.24, 2.45) is 0 Å². The van der Waals surface area contributed by atoms with E-state index in [-0.39, 0.29) is 4.32 Å². The average Bonchev–Trinajstić information content (AvgIpc) is 3.02. The highest BCUT2D eigenvalue weighted by atomic mass is 32.2. The van der Waals surface area contributed by atoms with Gasteiger partial charge in [-0.15, -0.1) is 0 Å². The number of carboxylic acids is 1. The lowest BCUT2D eigenvalue weighted by molar-refractivity contribution is -0.144. The molecule has 8 nitrogen and oxygen atoms in total. The Hall–Kier alpha value is -3.37. The zero-order valence-electron chi connectivity index (χ0n) is 16.5. The number of thioether (sulfide) groups is 1. The second-order valence-corrected chi connectivity index (χ2v) is 8.03. The van der Waals surface area contributed by atoms with Crippen molar-refractivity contribution in [2.75, 3.05) is 7.11 Å². The smallest absolute Gasteiger partial charge is 0.344 e. The van der Waals surface area contributed by atoms with Crippen LogP contribution in [0.2, 0.25) is 0 Å². The highest BCUT2D eigenvalue weighted by Crippen LogP contribution is 2.32. The number of hydrazine groups is 1. The first-order chi connectivity index (χ1) is 14.8. The summed E-state index contributed by atoms with van der Waals surface area (Å²) in [6.45, 7) is 1.43. The van der Waals surface area contributed by atoms with E-state index in [1.165, 1.54) is 14.0 Å². The van der Waals surface area contributed by atoms with Crippen molar-refractivity contribution in [2.45, 2.75) is 13.0 Å². The van der Waals surface area contributed by atoms with Crippen LogP contribution in [0.5, 0.6) is 11.5 Å². The molecule has 0 spiro atoms. The molecular weight excluding hydrogens is 440 g/mol. The average molecular weight is 459 g/mol. The maximum Gasteiger partial charge on any atom is 0.344 e. The van der Waals surface area contributed by atoms with Crippen LogP contribution in [-0.2, 0) is 9.59 Å². The summed E-state index contributed by atoms with van der Waals surface area (Å²) in [7, 11) is 1.50. The minimum absolute atomic E-state index is 0.197. The second kappa shape index (κ2) is 9.63. The maximum atomic E-state index is 12.7. The first-order valence-electron chi connectivity index (χ1n) is 9.01. The number of nitrogens with one attached hydrogen (secondary N) is 1. The second-order valence-electron chi connectivity index (χ2n) is 6.36. The number of methoxy groups -OCH3 is 1. The van der Waals surface area contributed by atoms with Gasteiger partial charge in [0.15, 0.2) is 10.4 Å². The quantitative estimate of drug-likeness (QED) is 0.482. The summed E-state index contributed by atoms with van der Waals surface area (Å²) in [4.78, 5) is 36.4. The number of carboxylic acid groups (broad SMARTS) is 1. The van der Waals surface area contributed by atoms with Gasteiger partial charge in [0.2, 0.25) is 0 Å². The molecule has 1 atom stereocenters. The molecule has 0 radical (unpaired) electrons. The Balaban J connectivity index is 1.70. The zero-order valence-corrected chi connectivity index (χ0v) is 18.2. The van der Waals surface area contributed by atoms with E-state index in [1.807, 2.05) is 0 Å². The number of carbonyl (C=O) groups excluding carboxylic acids is 2. The molecule has 3 rings (SSSR count). The predicted octanol–water partition coefficient (Wildman–Crippen LogP) is 3.09. The number of hydrogen-bond acceptors (Lipinski definition) is 7. The number of ether oxygens (including phenoxy) is 2. The molecule has 0 bridgehead atoms. The van der Waals surface area contributed by atoms with Crippen LogP contribution >= 0.6 is 24.0 Å². The van der Waals surface area contributed by atoms with Gasteiger partial charge in [-0.3, -0.25) is 15.0 Å². The van der Waals surface area contributed by atoms with Crippen molar-refractivity contribution >= 4 is 52.2 Å². The fraction of sp³-hybridized carbons (Fsp3) is 0.143. The molecule has 1 saturated heterocycles. The number of aliphatic carboxylic acids is 1. The van der Waals surface area contributed by atoms with Crippen LogP contribution in [0, 0.1) is 0 Å². The van der Waals surface area contributed by atoms with Crippen LogP contribution in [0.25, 0.3) is 6.08 Å². The van der Waals surface area contributed by atoms with E-state index in [0.29, 0.717) is 27.5 Å². The number of carbonyl (C=O) groups is 3. The van der Waals surface area contributed by atoms with Gasteiger partial charge >= 0.3 is 5.97 Å². The van der Waals surface area contributed by atoms with Crippen molar-refractivity contribution in [1.29, 1.82) is 0 Å². The Labute approximate surface area is 187 Å². The topological polar surface area (TPSA) is 105 Å². The molecule has 1 fully saturated rings. The Kier molecular flexibility index (Phi) is 6.93. The van der Waals surface area contributed by atoms with Gasteiger partial charge in [-0.25, -0.2) is 4.79 Å². The van der Waals surface area contributed by atoms with Crippen LogP contribution in [-0.4, -0.2) is 45.4 Å². The zero-order chi connectivity index (χ0) is 22.5. The minimum Gasteiger partial charge on any atom is -0.497 e. The third-order valence-electron chi connectivity index (χ3n) is 4.18. The van der Waals surface area contributed by atoms with Crippen LogP contribution in [0.1, 0.15) is 22.8 Å². The van der Waals surface area contributed by atoms with Gasteiger partial charge in [0.25, 0.3) is 11.8 Å². The molecule has 1 aliphatic heterocycles. The van der Waals surface area contributed by atoms with E-state index in [9.17, 15) is 14.4 Å². The van der Waals surface area contributed by atoms with E-state index < -0.39 is 23.9 Å². The highest BCUT2D eigenvalue weighted by molar-refractivity contribution is 8.26. The number of hydrogen-bond donors (Lipinski definition) is 2. The van der Waals surface area contributed by atoms with Crippen LogP contribution < -0.4 is 14.9 Å². The number of benzene rings is 2. The summed E-state index contributed by atoms with van der Waals surface area (Å²) in [5, 5.41) is 9.93. The van der Waals surface area contributed by atoms with Crippen LogP contribution in [0.3, 0.4) is 0 Å². The molecule has 160 valence electrons. The fourth-order valence-corrected chi connectivity index (χ4v) is 3.72. The fourth-order valence-electron chi connectivity index (χ4n) is 2.54. The molecule has 2 aromatic rings. The number of thiocarbonyl (C=S) groups is 1. The molecule has 0 aromatic heterocycles. The van der Waals surface area contributed by atoms with Gasteiger partial charge in [0.1, 0.15) is 11.5 Å². The molecule has 10 heteroatoms. The number of nitrogens with zero attached hydrogens (tertiary/aromatic N) is 1. The molecule has 31 heavy (non-hydrogen) atoms. The van der Waals surface area contributed by atoms with Crippen molar-refractivity contribution < 1.29 is 29.0 Å². The SMILES string of the molecule is COc1cccc(C(=O)NN2C(=O)/C(=C\c3ccc(OC(C)C(=O)O)cc3)SC2=S)c1. The van der Waals surface area contributed by atoms with Gasteiger partial charge in [0.05, 0.1) is 12.0 Å². The van der Waals surface area contributed by atoms with Gasteiger partial charge in [0, 0.05) is 5.56 Å². The van der Waals surface area contributed by atoms with Gasteiger partial charge in [-0.2, -0.15) is 5.01 Å². The third-order valence-corrected chi connectivity index (χ3v) is 5.48. The molecule has 2 N–H and O–H groups in total. The molecule has 0 saturated carbocycles. The van der Waals surface area contributed by atoms with E-state index in [0.717, 1.165) is 16.8 Å². The first-order valence-corrected chi connectivity index (χ1v) is 10.2. The lowest BCUT2D eigenvalue weighted by Gasteiger charge is -2.15. The summed E-state index contributed by atoms with van der Waals surface area (Å²) >= 11 is 6.29. The molecule has 1 unspecified atom stereocenters. The summed E-state index contributed by atoms with van der Waals surface area (Å²) < 4.78 is 10.6. The van der Waals surface area contributed by atoms with E-state index in [4.69, 9.17) is 26.8 Å². The number of amides is 2. The molecule has 0 aliphatic carbocycles. The Morgan fingerprint density at radius 2 is 1.90 bits per heavy atom. The molecular formula is C21H18N2O6S2. The minimum atomic E-state index is -1.07. The highest BCUT2D eigenvalue weighted by Gasteiger charge is 2.33. The molecule has 2 aromatic carbocycles. The normalized spacial score (nSPS) is 15.7. The van der Waals surface area contributed by atoms with Crippen molar-refractivity contribution in [3.8, 4) is 11.5 Å². The third kappa shape index (κ3) is 5.41. The predicted molar refractivity (Wildman–Crippen MR) is 120 cm³/mol. The van der Waals surface area contributed by atoms with Crippen LogP contribution in [0.4, 0.5) is 0 Å². The largest absolute Gasteiger partial charge is 0.497 e. The number of rotatable bonds is 7. The lowest BCUT2D eigenvalue weighted by atomic mass is 10.2. The Bertz CT molecular complexity index is 1070. The standard InChI is InChI=1S/C21H18N2O6S2/c1-12(20(26)27)29-15-8-6-13(7-9-15)10-17-19(25)23(21(30)31-17)22-18(24)14-4-3-5-16(11-14)28-2/h3-12H,1-2H3,(H,22,24)(H,26,27)/b17-10+.